The molecule has 1 aromatic carbocycles. The number of hydrogen-bond acceptors (Lipinski definition) is 4. The molecule has 1 amide bonds. The number of amides is 1. The van der Waals surface area contributed by atoms with E-state index < -0.39 is 0 Å². The Hall–Kier alpha value is -2.35. The van der Waals surface area contributed by atoms with E-state index in [9.17, 15) is 9.59 Å². The first-order valence-electron chi connectivity index (χ1n) is 8.13. The van der Waals surface area contributed by atoms with Crippen LogP contribution in [-0.4, -0.2) is 29.4 Å². The van der Waals surface area contributed by atoms with Crippen molar-refractivity contribution >= 4 is 11.9 Å². The number of rotatable bonds is 4. The van der Waals surface area contributed by atoms with Crippen LogP contribution >= 0.6 is 0 Å². The fourth-order valence-electron chi connectivity index (χ4n) is 3.48. The van der Waals surface area contributed by atoms with E-state index in [4.69, 9.17) is 10.00 Å². The van der Waals surface area contributed by atoms with Crippen LogP contribution in [0.15, 0.2) is 24.3 Å². The van der Waals surface area contributed by atoms with Gasteiger partial charge in [0.05, 0.1) is 17.6 Å². The molecule has 120 valence electrons. The van der Waals surface area contributed by atoms with Crippen molar-refractivity contribution in [1.82, 2.24) is 4.90 Å². The van der Waals surface area contributed by atoms with Gasteiger partial charge in [-0.25, -0.2) is 0 Å². The number of benzene rings is 1. The van der Waals surface area contributed by atoms with E-state index in [-0.39, 0.29) is 30.8 Å². The number of esters is 1. The zero-order valence-corrected chi connectivity index (χ0v) is 13.0. The van der Waals surface area contributed by atoms with Crippen LogP contribution in [0.2, 0.25) is 0 Å². The van der Waals surface area contributed by atoms with Crippen LogP contribution < -0.4 is 0 Å². The Morgan fingerprint density at radius 2 is 2.04 bits per heavy atom. The van der Waals surface area contributed by atoms with Crippen molar-refractivity contribution in [1.29, 1.82) is 5.26 Å². The summed E-state index contributed by atoms with van der Waals surface area (Å²) >= 11 is 0. The van der Waals surface area contributed by atoms with Crippen molar-refractivity contribution in [3.8, 4) is 6.07 Å². The van der Waals surface area contributed by atoms with E-state index in [0.717, 1.165) is 25.7 Å². The minimum atomic E-state index is -0.377. The molecule has 1 saturated heterocycles. The van der Waals surface area contributed by atoms with E-state index >= 15 is 0 Å². The van der Waals surface area contributed by atoms with Gasteiger partial charge in [0.25, 0.3) is 0 Å². The summed E-state index contributed by atoms with van der Waals surface area (Å²) < 4.78 is 5.34. The van der Waals surface area contributed by atoms with Crippen LogP contribution in [0.1, 0.15) is 43.2 Å². The highest BCUT2D eigenvalue weighted by Gasteiger charge is 2.39. The Labute approximate surface area is 135 Å². The maximum Gasteiger partial charge on any atom is 0.311 e. The molecule has 1 heterocycles. The summed E-state index contributed by atoms with van der Waals surface area (Å²) in [5.74, 6) is -0.653. The summed E-state index contributed by atoms with van der Waals surface area (Å²) in [4.78, 5) is 26.2. The second-order valence-corrected chi connectivity index (χ2v) is 6.26. The number of likely N-dealkylation sites (tertiary alicyclic amines) is 1. The van der Waals surface area contributed by atoms with E-state index in [1.807, 2.05) is 11.0 Å². The van der Waals surface area contributed by atoms with Crippen LogP contribution in [0.5, 0.6) is 0 Å². The molecular weight excluding hydrogens is 292 g/mol. The monoisotopic (exact) mass is 312 g/mol. The van der Waals surface area contributed by atoms with Gasteiger partial charge in [0.2, 0.25) is 5.91 Å². The predicted octanol–water partition coefficient (Wildman–Crippen LogP) is 2.39. The lowest BCUT2D eigenvalue weighted by Crippen LogP contribution is -2.35. The van der Waals surface area contributed by atoms with Crippen molar-refractivity contribution in [2.45, 2.75) is 44.8 Å². The van der Waals surface area contributed by atoms with Crippen molar-refractivity contribution in [2.75, 3.05) is 6.54 Å². The second-order valence-electron chi connectivity index (χ2n) is 6.26. The molecule has 0 radical (unpaired) electrons. The predicted molar refractivity (Wildman–Crippen MR) is 83.0 cm³/mol. The van der Waals surface area contributed by atoms with Crippen LogP contribution in [-0.2, 0) is 20.9 Å². The molecule has 1 saturated carbocycles. The zero-order chi connectivity index (χ0) is 16.2. The van der Waals surface area contributed by atoms with Gasteiger partial charge in [-0.15, -0.1) is 0 Å². The maximum absolute atomic E-state index is 12.2. The fraction of sp³-hybridized carbons (Fsp3) is 0.500. The average molecular weight is 312 g/mol. The Morgan fingerprint density at radius 1 is 1.30 bits per heavy atom. The highest BCUT2D eigenvalue weighted by molar-refractivity contribution is 5.87. The number of carbonyl (C=O) groups excluding carboxylic acids is 2. The van der Waals surface area contributed by atoms with Gasteiger partial charge in [0.15, 0.2) is 0 Å². The molecule has 5 nitrogen and oxygen atoms in total. The normalized spacial score (nSPS) is 21.4. The lowest BCUT2D eigenvalue weighted by Gasteiger charge is -2.23. The lowest BCUT2D eigenvalue weighted by molar-refractivity contribution is -0.149. The SMILES string of the molecule is N#Cc1ccccc1COC(=O)[C@H]1CC(=O)N(C2CCCC2)C1. The standard InChI is InChI=1S/C18H20N2O3/c19-10-13-5-1-2-6-14(13)12-23-18(22)15-9-17(21)20(11-15)16-7-3-4-8-16/h1-2,5-6,15-16H,3-4,7-9,11-12H2/t15-/m0/s1. The van der Waals surface area contributed by atoms with Crippen LogP contribution in [0, 0.1) is 17.2 Å². The summed E-state index contributed by atoms with van der Waals surface area (Å²) in [6.45, 7) is 0.554. The molecule has 0 bridgehead atoms. The molecule has 3 rings (SSSR count). The molecule has 1 aliphatic carbocycles. The summed E-state index contributed by atoms with van der Waals surface area (Å²) in [5, 5.41) is 9.04. The van der Waals surface area contributed by atoms with E-state index in [2.05, 4.69) is 6.07 Å². The van der Waals surface area contributed by atoms with E-state index in [0.29, 0.717) is 23.7 Å². The topological polar surface area (TPSA) is 70.4 Å². The number of carbonyl (C=O) groups is 2. The minimum Gasteiger partial charge on any atom is -0.460 e. The molecule has 0 aromatic heterocycles. The molecular formula is C18H20N2O3. The quantitative estimate of drug-likeness (QED) is 0.800. The second kappa shape index (κ2) is 6.82. The molecule has 2 fully saturated rings. The van der Waals surface area contributed by atoms with Gasteiger partial charge in [-0.1, -0.05) is 31.0 Å². The maximum atomic E-state index is 12.2. The number of nitrogens with zero attached hydrogens (tertiary/aromatic N) is 2. The van der Waals surface area contributed by atoms with Gasteiger partial charge in [-0.2, -0.15) is 5.26 Å². The van der Waals surface area contributed by atoms with Gasteiger partial charge in [-0.3, -0.25) is 9.59 Å². The van der Waals surface area contributed by atoms with Crippen molar-refractivity contribution in [3.63, 3.8) is 0 Å². The Kier molecular flexibility index (Phi) is 4.61. The highest BCUT2D eigenvalue weighted by Crippen LogP contribution is 2.30. The molecule has 1 aromatic rings. The molecule has 5 heteroatoms. The summed E-state index contributed by atoms with van der Waals surface area (Å²) in [6, 6.07) is 9.45. The molecule has 23 heavy (non-hydrogen) atoms. The van der Waals surface area contributed by atoms with Crippen LogP contribution in [0.4, 0.5) is 0 Å². The molecule has 1 atom stereocenters. The molecule has 1 aliphatic heterocycles. The van der Waals surface area contributed by atoms with Crippen molar-refractivity contribution in [2.24, 2.45) is 5.92 Å². The Morgan fingerprint density at radius 3 is 2.78 bits per heavy atom. The molecule has 0 spiro atoms. The highest BCUT2D eigenvalue weighted by atomic mass is 16.5. The largest absolute Gasteiger partial charge is 0.460 e. The molecule has 0 unspecified atom stereocenters. The van der Waals surface area contributed by atoms with Gasteiger partial charge < -0.3 is 9.64 Å². The third-order valence-electron chi connectivity index (χ3n) is 4.76. The summed E-state index contributed by atoms with van der Waals surface area (Å²) in [7, 11) is 0. The smallest absolute Gasteiger partial charge is 0.311 e. The van der Waals surface area contributed by atoms with Crippen LogP contribution in [0.25, 0.3) is 0 Å². The first-order valence-corrected chi connectivity index (χ1v) is 8.13. The van der Waals surface area contributed by atoms with E-state index in [1.165, 1.54) is 0 Å². The van der Waals surface area contributed by atoms with Gasteiger partial charge in [0.1, 0.15) is 6.61 Å². The number of nitriles is 1. The first kappa shape index (κ1) is 15.5. The van der Waals surface area contributed by atoms with Crippen LogP contribution in [0.3, 0.4) is 0 Å². The van der Waals surface area contributed by atoms with Gasteiger partial charge in [0, 0.05) is 24.6 Å². The Balaban J connectivity index is 1.57. The average Bonchev–Trinajstić information content (AvgIpc) is 3.22. The fourth-order valence-corrected chi connectivity index (χ4v) is 3.48. The summed E-state index contributed by atoms with van der Waals surface area (Å²) in [5.41, 5.74) is 1.20. The van der Waals surface area contributed by atoms with Gasteiger partial charge >= 0.3 is 5.97 Å². The number of ether oxygens (including phenoxy) is 1. The lowest BCUT2D eigenvalue weighted by atomic mass is 10.1. The summed E-state index contributed by atoms with van der Waals surface area (Å²) in [6.07, 6.45) is 4.66. The van der Waals surface area contributed by atoms with Gasteiger partial charge in [-0.05, 0) is 18.9 Å². The third-order valence-corrected chi connectivity index (χ3v) is 4.76. The first-order chi connectivity index (χ1) is 11.2. The van der Waals surface area contributed by atoms with E-state index in [1.54, 1.807) is 18.2 Å². The third kappa shape index (κ3) is 3.37. The molecule has 2 aliphatic rings. The van der Waals surface area contributed by atoms with Crippen molar-refractivity contribution in [3.05, 3.63) is 35.4 Å². The molecule has 0 N–H and O–H groups in total. The zero-order valence-electron chi connectivity index (χ0n) is 13.0. The minimum absolute atomic E-state index is 0.0660. The Bertz CT molecular complexity index is 644. The number of hydrogen-bond donors (Lipinski definition) is 0. The van der Waals surface area contributed by atoms with Crippen molar-refractivity contribution < 1.29 is 14.3 Å².